The first kappa shape index (κ1) is 15.3. The number of nitrogens with two attached hydrogens (primary N) is 1. The van der Waals surface area contributed by atoms with Crippen molar-refractivity contribution < 1.29 is 9.18 Å². The summed E-state index contributed by atoms with van der Waals surface area (Å²) in [6.07, 6.45) is 0.270. The van der Waals surface area contributed by atoms with E-state index in [1.54, 1.807) is 43.3 Å². The second-order valence-corrected chi connectivity index (χ2v) is 5.57. The Kier molecular flexibility index (Phi) is 4.48. The molecule has 2 aromatic carbocycles. The summed E-state index contributed by atoms with van der Waals surface area (Å²) in [6.45, 7) is 1.68. The van der Waals surface area contributed by atoms with Crippen molar-refractivity contribution in [2.75, 3.05) is 5.32 Å². The molecule has 0 saturated carbocycles. The zero-order valence-corrected chi connectivity index (χ0v) is 12.3. The van der Waals surface area contributed by atoms with Crippen LogP contribution in [0.1, 0.15) is 12.5 Å². The molecule has 110 valence electrons. The summed E-state index contributed by atoms with van der Waals surface area (Å²) in [5.41, 5.74) is 5.84. The summed E-state index contributed by atoms with van der Waals surface area (Å²) in [7, 11) is 0. The molecule has 0 aliphatic rings. The summed E-state index contributed by atoms with van der Waals surface area (Å²) in [4.78, 5) is 11.8. The van der Waals surface area contributed by atoms with Crippen LogP contribution in [0.15, 0.2) is 48.5 Å². The predicted octanol–water partition coefficient (Wildman–Crippen LogP) is 3.38. The van der Waals surface area contributed by atoms with Crippen molar-refractivity contribution in [3.05, 3.63) is 64.9 Å². The number of carbonyl (C=O) groups is 1. The van der Waals surface area contributed by atoms with E-state index >= 15 is 0 Å². The lowest BCUT2D eigenvalue weighted by Crippen LogP contribution is -2.49. The monoisotopic (exact) mass is 306 g/mol. The van der Waals surface area contributed by atoms with Gasteiger partial charge in [0.2, 0.25) is 5.91 Å². The maximum Gasteiger partial charge on any atom is 0.243 e. The van der Waals surface area contributed by atoms with Gasteiger partial charge in [0, 0.05) is 17.1 Å². The van der Waals surface area contributed by atoms with Crippen LogP contribution in [0, 0.1) is 5.82 Å². The van der Waals surface area contributed by atoms with Crippen LogP contribution >= 0.6 is 11.6 Å². The number of hydrogen-bond acceptors (Lipinski definition) is 2. The van der Waals surface area contributed by atoms with Crippen molar-refractivity contribution in [3.63, 3.8) is 0 Å². The van der Waals surface area contributed by atoms with Crippen LogP contribution in [-0.2, 0) is 11.2 Å². The summed E-state index contributed by atoms with van der Waals surface area (Å²) in [5.74, 6) is -0.867. The van der Waals surface area contributed by atoms with Gasteiger partial charge in [-0.15, -0.1) is 0 Å². The van der Waals surface area contributed by atoms with Gasteiger partial charge >= 0.3 is 0 Å². The molecule has 0 aliphatic carbocycles. The molecule has 0 aliphatic heterocycles. The van der Waals surface area contributed by atoms with Crippen LogP contribution < -0.4 is 11.1 Å². The van der Waals surface area contributed by atoms with E-state index in [1.807, 2.05) is 0 Å². The molecule has 0 saturated heterocycles. The van der Waals surface area contributed by atoms with Crippen molar-refractivity contribution in [3.8, 4) is 0 Å². The fourth-order valence-corrected chi connectivity index (χ4v) is 2.32. The molecule has 1 unspecified atom stereocenters. The van der Waals surface area contributed by atoms with E-state index in [2.05, 4.69) is 5.32 Å². The second-order valence-electron chi connectivity index (χ2n) is 5.14. The van der Waals surface area contributed by atoms with Gasteiger partial charge in [-0.05, 0) is 42.8 Å². The number of hydrogen-bond donors (Lipinski definition) is 2. The number of anilines is 1. The molecule has 0 heterocycles. The molecular weight excluding hydrogens is 291 g/mol. The Balaban J connectivity index is 2.26. The Hall–Kier alpha value is -2.07. The summed E-state index contributed by atoms with van der Waals surface area (Å²) in [5, 5.41) is 3.64. The molecule has 5 heteroatoms. The van der Waals surface area contributed by atoms with Crippen LogP contribution in [0.4, 0.5) is 10.1 Å². The van der Waals surface area contributed by atoms with Gasteiger partial charge in [-0.3, -0.25) is 4.79 Å². The number of nitrogens with one attached hydrogen (secondary N) is 1. The van der Waals surface area contributed by atoms with Crippen LogP contribution in [0.5, 0.6) is 0 Å². The van der Waals surface area contributed by atoms with E-state index in [4.69, 9.17) is 17.3 Å². The molecule has 21 heavy (non-hydrogen) atoms. The zero-order valence-electron chi connectivity index (χ0n) is 11.6. The Labute approximate surface area is 127 Å². The third kappa shape index (κ3) is 3.95. The van der Waals surface area contributed by atoms with E-state index < -0.39 is 11.4 Å². The fraction of sp³-hybridized carbons (Fsp3) is 0.188. The third-order valence-corrected chi connectivity index (χ3v) is 3.47. The highest BCUT2D eigenvalue weighted by molar-refractivity contribution is 6.30. The molecule has 0 spiro atoms. The summed E-state index contributed by atoms with van der Waals surface area (Å²) in [6, 6.07) is 13.1. The molecule has 2 rings (SSSR count). The molecule has 0 radical (unpaired) electrons. The fourth-order valence-electron chi connectivity index (χ4n) is 2.13. The number of benzene rings is 2. The van der Waals surface area contributed by atoms with Crippen molar-refractivity contribution in [1.82, 2.24) is 0 Å². The largest absolute Gasteiger partial charge is 0.371 e. The first-order valence-electron chi connectivity index (χ1n) is 6.47. The van der Waals surface area contributed by atoms with E-state index in [1.165, 1.54) is 12.1 Å². The van der Waals surface area contributed by atoms with Gasteiger partial charge in [0.1, 0.15) is 11.4 Å². The number of carbonyl (C=O) groups excluding carboxylic acids is 1. The number of primary amides is 1. The average molecular weight is 307 g/mol. The molecule has 3 N–H and O–H groups in total. The minimum atomic E-state index is -1.04. The van der Waals surface area contributed by atoms with E-state index in [9.17, 15) is 9.18 Å². The maximum absolute atomic E-state index is 13.3. The van der Waals surface area contributed by atoms with Crippen molar-refractivity contribution in [2.45, 2.75) is 18.9 Å². The number of rotatable bonds is 5. The van der Waals surface area contributed by atoms with Crippen LogP contribution in [0.3, 0.4) is 0 Å². The lowest BCUT2D eigenvalue weighted by molar-refractivity contribution is -0.121. The van der Waals surface area contributed by atoms with Crippen LogP contribution in [0.25, 0.3) is 0 Å². The summed E-state index contributed by atoms with van der Waals surface area (Å²) < 4.78 is 13.3. The highest BCUT2D eigenvalue weighted by Gasteiger charge is 2.31. The SMILES string of the molecule is CC(Cc1cccc(F)c1)(Nc1cccc(Cl)c1)C(N)=O. The smallest absolute Gasteiger partial charge is 0.243 e. The molecule has 0 bridgehead atoms. The molecule has 3 nitrogen and oxygen atoms in total. The van der Waals surface area contributed by atoms with E-state index in [0.29, 0.717) is 16.3 Å². The molecule has 1 amide bonds. The lowest BCUT2D eigenvalue weighted by atomic mass is 9.91. The van der Waals surface area contributed by atoms with Crippen LogP contribution in [-0.4, -0.2) is 11.4 Å². The standard InChI is InChI=1S/C16H16ClFN2O/c1-16(15(19)21,10-11-4-2-6-13(18)8-11)20-14-7-3-5-12(17)9-14/h2-9,20H,10H2,1H3,(H2,19,21). The predicted molar refractivity (Wildman–Crippen MR) is 82.8 cm³/mol. The molecule has 0 aromatic heterocycles. The number of halogens is 2. The Morgan fingerprint density at radius 1 is 1.29 bits per heavy atom. The molecule has 0 fully saturated rings. The highest BCUT2D eigenvalue weighted by atomic mass is 35.5. The Morgan fingerprint density at radius 2 is 2.00 bits per heavy atom. The zero-order chi connectivity index (χ0) is 15.5. The maximum atomic E-state index is 13.3. The minimum absolute atomic E-state index is 0.270. The van der Waals surface area contributed by atoms with Crippen molar-refractivity contribution in [1.29, 1.82) is 0 Å². The first-order chi connectivity index (χ1) is 9.89. The van der Waals surface area contributed by atoms with Crippen LogP contribution in [0.2, 0.25) is 5.02 Å². The quantitative estimate of drug-likeness (QED) is 0.890. The van der Waals surface area contributed by atoms with Gasteiger partial charge in [0.15, 0.2) is 0 Å². The Morgan fingerprint density at radius 3 is 2.62 bits per heavy atom. The molecular formula is C16H16ClFN2O. The van der Waals surface area contributed by atoms with Gasteiger partial charge < -0.3 is 11.1 Å². The number of amides is 1. The average Bonchev–Trinajstić information content (AvgIpc) is 2.38. The molecule has 2 aromatic rings. The van der Waals surface area contributed by atoms with Gasteiger partial charge in [-0.1, -0.05) is 29.8 Å². The minimum Gasteiger partial charge on any atom is -0.371 e. The topological polar surface area (TPSA) is 55.1 Å². The van der Waals surface area contributed by atoms with E-state index in [-0.39, 0.29) is 12.2 Å². The van der Waals surface area contributed by atoms with Gasteiger partial charge in [0.05, 0.1) is 0 Å². The third-order valence-electron chi connectivity index (χ3n) is 3.24. The van der Waals surface area contributed by atoms with Crippen molar-refractivity contribution in [2.24, 2.45) is 5.73 Å². The van der Waals surface area contributed by atoms with E-state index in [0.717, 1.165) is 0 Å². The second kappa shape index (κ2) is 6.14. The first-order valence-corrected chi connectivity index (χ1v) is 6.85. The van der Waals surface area contributed by atoms with Gasteiger partial charge in [0.25, 0.3) is 0 Å². The van der Waals surface area contributed by atoms with Crippen molar-refractivity contribution >= 4 is 23.2 Å². The highest BCUT2D eigenvalue weighted by Crippen LogP contribution is 2.22. The van der Waals surface area contributed by atoms with Gasteiger partial charge in [-0.25, -0.2) is 4.39 Å². The normalized spacial score (nSPS) is 13.5. The molecule has 1 atom stereocenters. The summed E-state index contributed by atoms with van der Waals surface area (Å²) >= 11 is 5.93. The Bertz CT molecular complexity index is 613. The lowest BCUT2D eigenvalue weighted by Gasteiger charge is -2.29. The van der Waals surface area contributed by atoms with Gasteiger partial charge in [-0.2, -0.15) is 0 Å².